The van der Waals surface area contributed by atoms with Crippen LogP contribution in [0.2, 0.25) is 0 Å². The van der Waals surface area contributed by atoms with E-state index in [1.165, 1.54) is 0 Å². The Morgan fingerprint density at radius 1 is 1.29 bits per heavy atom. The lowest BCUT2D eigenvalue weighted by Gasteiger charge is -2.05. The fourth-order valence-corrected chi connectivity index (χ4v) is 1.89. The van der Waals surface area contributed by atoms with Crippen molar-refractivity contribution in [2.24, 2.45) is 0 Å². The fourth-order valence-electron chi connectivity index (χ4n) is 1.89. The number of aromatic nitrogens is 1. The van der Waals surface area contributed by atoms with Crippen LogP contribution in [0.15, 0.2) is 34.9 Å². The normalized spacial score (nSPS) is 10.2. The van der Waals surface area contributed by atoms with Crippen LogP contribution in [-0.4, -0.2) is 30.2 Å². The van der Waals surface area contributed by atoms with Crippen LogP contribution in [-0.2, 0) is 9.53 Å². The minimum absolute atomic E-state index is 0.189. The van der Waals surface area contributed by atoms with Gasteiger partial charge < -0.3 is 14.6 Å². The highest BCUT2D eigenvalue weighted by Crippen LogP contribution is 2.24. The Bertz CT molecular complexity index is 634. The number of hydrogen-bond acceptors (Lipinski definition) is 5. The second-order valence-electron chi connectivity index (χ2n) is 4.32. The first kappa shape index (κ1) is 14.8. The van der Waals surface area contributed by atoms with Gasteiger partial charge in [-0.15, -0.1) is 0 Å². The molecule has 2 aromatic rings. The summed E-state index contributed by atoms with van der Waals surface area (Å²) in [7, 11) is 0. The molecule has 0 spiro atoms. The zero-order chi connectivity index (χ0) is 15.2. The Morgan fingerprint density at radius 2 is 2.00 bits per heavy atom. The third kappa shape index (κ3) is 3.47. The van der Waals surface area contributed by atoms with Crippen LogP contribution in [0.4, 0.5) is 0 Å². The van der Waals surface area contributed by atoms with Crippen molar-refractivity contribution in [2.45, 2.75) is 13.8 Å². The van der Waals surface area contributed by atoms with Crippen molar-refractivity contribution in [3.05, 3.63) is 41.7 Å². The summed E-state index contributed by atoms with van der Waals surface area (Å²) < 4.78 is 9.86. The molecule has 0 aliphatic carbocycles. The molecular weight excluding hydrogens is 272 g/mol. The van der Waals surface area contributed by atoms with Gasteiger partial charge in [-0.1, -0.05) is 35.5 Å². The standard InChI is InChI=1S/C15H16N2O4/c1-3-20-12(18)9-16-15(19)13-10(2)21-17-14(13)11-7-5-4-6-8-11/h4-8H,3,9H2,1-2H3,(H,16,19). The number of benzene rings is 1. The lowest BCUT2D eigenvalue weighted by atomic mass is 10.1. The molecule has 0 fully saturated rings. The summed E-state index contributed by atoms with van der Waals surface area (Å²) in [6.45, 7) is 3.44. The summed E-state index contributed by atoms with van der Waals surface area (Å²) in [4.78, 5) is 23.5. The molecule has 0 aliphatic rings. The first-order valence-electron chi connectivity index (χ1n) is 6.59. The van der Waals surface area contributed by atoms with Crippen LogP contribution >= 0.6 is 0 Å². The number of amides is 1. The maximum absolute atomic E-state index is 12.2. The van der Waals surface area contributed by atoms with Crippen LogP contribution in [0.25, 0.3) is 11.3 Å². The molecule has 0 saturated carbocycles. The van der Waals surface area contributed by atoms with Crippen LogP contribution < -0.4 is 5.32 Å². The van der Waals surface area contributed by atoms with Crippen molar-refractivity contribution >= 4 is 11.9 Å². The van der Waals surface area contributed by atoms with E-state index in [9.17, 15) is 9.59 Å². The van der Waals surface area contributed by atoms with Crippen molar-refractivity contribution in [3.8, 4) is 11.3 Å². The van der Waals surface area contributed by atoms with Gasteiger partial charge in [-0.2, -0.15) is 0 Å². The lowest BCUT2D eigenvalue weighted by Crippen LogP contribution is -2.31. The number of rotatable bonds is 5. The molecule has 21 heavy (non-hydrogen) atoms. The van der Waals surface area contributed by atoms with Gasteiger partial charge in [0.2, 0.25) is 0 Å². The van der Waals surface area contributed by atoms with Gasteiger partial charge in [0.15, 0.2) is 0 Å². The highest BCUT2D eigenvalue weighted by Gasteiger charge is 2.21. The number of hydrogen-bond donors (Lipinski definition) is 1. The second-order valence-corrected chi connectivity index (χ2v) is 4.32. The van der Waals surface area contributed by atoms with Crippen molar-refractivity contribution in [1.82, 2.24) is 10.5 Å². The number of nitrogens with one attached hydrogen (secondary N) is 1. The molecule has 1 aromatic heterocycles. The summed E-state index contributed by atoms with van der Waals surface area (Å²) in [6, 6.07) is 9.23. The Hall–Kier alpha value is -2.63. The molecule has 6 nitrogen and oxygen atoms in total. The van der Waals surface area contributed by atoms with Gasteiger partial charge in [-0.05, 0) is 13.8 Å². The predicted molar refractivity (Wildman–Crippen MR) is 75.6 cm³/mol. The van der Waals surface area contributed by atoms with Gasteiger partial charge in [-0.25, -0.2) is 0 Å². The highest BCUT2D eigenvalue weighted by molar-refractivity contribution is 6.01. The quantitative estimate of drug-likeness (QED) is 0.850. The average molecular weight is 288 g/mol. The summed E-state index contributed by atoms with van der Waals surface area (Å²) in [5.41, 5.74) is 1.55. The molecule has 0 unspecified atom stereocenters. The number of esters is 1. The van der Waals surface area contributed by atoms with E-state index >= 15 is 0 Å². The van der Waals surface area contributed by atoms with Gasteiger partial charge in [0.1, 0.15) is 23.6 Å². The third-order valence-corrected chi connectivity index (χ3v) is 2.84. The van der Waals surface area contributed by atoms with Crippen LogP contribution in [0, 0.1) is 6.92 Å². The molecule has 1 amide bonds. The predicted octanol–water partition coefficient (Wildman–Crippen LogP) is 1.94. The monoisotopic (exact) mass is 288 g/mol. The topological polar surface area (TPSA) is 81.4 Å². The van der Waals surface area contributed by atoms with Crippen molar-refractivity contribution in [1.29, 1.82) is 0 Å². The maximum atomic E-state index is 12.2. The van der Waals surface area contributed by atoms with Gasteiger partial charge in [-0.3, -0.25) is 9.59 Å². The highest BCUT2D eigenvalue weighted by atomic mass is 16.5. The molecule has 1 heterocycles. The van der Waals surface area contributed by atoms with E-state index < -0.39 is 11.9 Å². The average Bonchev–Trinajstić information content (AvgIpc) is 2.88. The minimum atomic E-state index is -0.485. The molecular formula is C15H16N2O4. The molecule has 0 radical (unpaired) electrons. The molecule has 0 atom stereocenters. The molecule has 0 aliphatic heterocycles. The van der Waals surface area contributed by atoms with Gasteiger partial charge >= 0.3 is 5.97 Å². The Kier molecular flexibility index (Phi) is 4.71. The molecule has 0 saturated heterocycles. The Labute approximate surface area is 122 Å². The van der Waals surface area contributed by atoms with Gasteiger partial charge in [0, 0.05) is 5.56 Å². The molecule has 1 N–H and O–H groups in total. The lowest BCUT2D eigenvalue weighted by molar-refractivity contribution is -0.141. The number of nitrogens with zero attached hydrogens (tertiary/aromatic N) is 1. The Morgan fingerprint density at radius 3 is 2.67 bits per heavy atom. The van der Waals surface area contributed by atoms with Crippen LogP contribution in [0.3, 0.4) is 0 Å². The minimum Gasteiger partial charge on any atom is -0.465 e. The summed E-state index contributed by atoms with van der Waals surface area (Å²) in [5, 5.41) is 6.43. The zero-order valence-electron chi connectivity index (χ0n) is 11.9. The van der Waals surface area contributed by atoms with Crippen molar-refractivity contribution in [3.63, 3.8) is 0 Å². The third-order valence-electron chi connectivity index (χ3n) is 2.84. The van der Waals surface area contributed by atoms with Gasteiger partial charge in [0.05, 0.1) is 6.61 Å². The number of carbonyl (C=O) groups is 2. The van der Waals surface area contributed by atoms with Gasteiger partial charge in [0.25, 0.3) is 5.91 Å². The van der Waals surface area contributed by atoms with E-state index in [4.69, 9.17) is 9.26 Å². The molecule has 2 rings (SSSR count). The van der Waals surface area contributed by atoms with E-state index in [-0.39, 0.29) is 13.2 Å². The van der Waals surface area contributed by atoms with E-state index in [1.807, 2.05) is 30.3 Å². The molecule has 110 valence electrons. The number of ether oxygens (including phenoxy) is 1. The van der Waals surface area contributed by atoms with E-state index in [2.05, 4.69) is 10.5 Å². The first-order chi connectivity index (χ1) is 10.1. The van der Waals surface area contributed by atoms with E-state index in [1.54, 1.807) is 13.8 Å². The Balaban J connectivity index is 2.18. The first-order valence-corrected chi connectivity index (χ1v) is 6.59. The smallest absolute Gasteiger partial charge is 0.325 e. The molecule has 1 aromatic carbocycles. The second kappa shape index (κ2) is 6.69. The van der Waals surface area contributed by atoms with Crippen LogP contribution in [0.5, 0.6) is 0 Å². The summed E-state index contributed by atoms with van der Waals surface area (Å²) in [6.07, 6.45) is 0. The SMILES string of the molecule is CCOC(=O)CNC(=O)c1c(-c2ccccc2)noc1C. The van der Waals surface area contributed by atoms with Crippen molar-refractivity contribution in [2.75, 3.05) is 13.2 Å². The van der Waals surface area contributed by atoms with E-state index in [0.717, 1.165) is 5.56 Å². The fraction of sp³-hybridized carbons (Fsp3) is 0.267. The largest absolute Gasteiger partial charge is 0.465 e. The maximum Gasteiger partial charge on any atom is 0.325 e. The molecule has 6 heteroatoms. The van der Waals surface area contributed by atoms with E-state index in [0.29, 0.717) is 17.0 Å². The number of aryl methyl sites for hydroxylation is 1. The van der Waals surface area contributed by atoms with Crippen molar-refractivity contribution < 1.29 is 18.8 Å². The number of carbonyl (C=O) groups excluding carboxylic acids is 2. The molecule has 0 bridgehead atoms. The summed E-state index contributed by atoms with van der Waals surface area (Å²) in [5.74, 6) is -0.503. The summed E-state index contributed by atoms with van der Waals surface area (Å²) >= 11 is 0. The zero-order valence-corrected chi connectivity index (χ0v) is 11.9. The van der Waals surface area contributed by atoms with Crippen LogP contribution in [0.1, 0.15) is 23.0 Å².